The molecule has 4 rings (SSSR count). The number of fused-ring (bicyclic) bond motifs is 3. The summed E-state index contributed by atoms with van der Waals surface area (Å²) in [6, 6.07) is 18.8. The van der Waals surface area contributed by atoms with Crippen molar-refractivity contribution in [2.24, 2.45) is 0 Å². The molecule has 1 aliphatic rings. The van der Waals surface area contributed by atoms with E-state index < -0.39 is 0 Å². The molecule has 0 unspecified atom stereocenters. The number of aromatic nitrogens is 1. The Hall–Kier alpha value is -3.40. The quantitative estimate of drug-likeness (QED) is 0.547. The Labute approximate surface area is 177 Å². The molecule has 1 N–H and O–H groups in total. The molecule has 0 saturated carbocycles. The summed E-state index contributed by atoms with van der Waals surface area (Å²) in [5, 5.41) is 2.83. The van der Waals surface area contributed by atoms with E-state index in [-0.39, 0.29) is 12.0 Å². The van der Waals surface area contributed by atoms with Gasteiger partial charge in [-0.2, -0.15) is 0 Å². The number of alkyl carbamates (subject to hydrolysis) is 1. The Kier molecular flexibility index (Phi) is 5.94. The monoisotopic (exact) mass is 398 g/mol. The third-order valence-corrected chi connectivity index (χ3v) is 5.46. The van der Waals surface area contributed by atoms with Crippen molar-refractivity contribution in [2.45, 2.75) is 26.2 Å². The summed E-state index contributed by atoms with van der Waals surface area (Å²) >= 11 is 0. The second kappa shape index (κ2) is 8.95. The molecule has 4 heteroatoms. The van der Waals surface area contributed by atoms with E-state index >= 15 is 0 Å². The average molecular weight is 399 g/mol. The van der Waals surface area contributed by atoms with E-state index in [1.54, 1.807) is 0 Å². The molecule has 4 nitrogen and oxygen atoms in total. The molecule has 0 aliphatic heterocycles. The fourth-order valence-electron chi connectivity index (χ4n) is 4.00. The van der Waals surface area contributed by atoms with E-state index in [1.807, 2.05) is 49.5 Å². The fourth-order valence-corrected chi connectivity index (χ4v) is 4.00. The van der Waals surface area contributed by atoms with Crippen molar-refractivity contribution in [3.05, 3.63) is 94.8 Å². The lowest BCUT2D eigenvalue weighted by atomic mass is 9.98. The summed E-state index contributed by atoms with van der Waals surface area (Å²) in [5.41, 5.74) is 8.16. The number of rotatable bonds is 6. The first-order valence-corrected chi connectivity index (χ1v) is 10.3. The number of ether oxygens (including phenoxy) is 1. The van der Waals surface area contributed by atoms with Crippen LogP contribution in [0.25, 0.3) is 17.2 Å². The number of pyridine rings is 1. The third kappa shape index (κ3) is 4.28. The lowest BCUT2D eigenvalue weighted by molar-refractivity contribution is 0.143. The Bertz CT molecular complexity index is 1040. The van der Waals surface area contributed by atoms with E-state index in [9.17, 15) is 4.79 Å². The summed E-state index contributed by atoms with van der Waals surface area (Å²) in [6.45, 7) is 4.95. The Morgan fingerprint density at radius 3 is 2.40 bits per heavy atom. The summed E-state index contributed by atoms with van der Waals surface area (Å²) < 4.78 is 5.55. The first-order valence-electron chi connectivity index (χ1n) is 10.3. The first-order chi connectivity index (χ1) is 14.6. The minimum atomic E-state index is -0.380. The van der Waals surface area contributed by atoms with E-state index in [1.165, 1.54) is 22.3 Å². The molecule has 0 radical (unpaired) electrons. The van der Waals surface area contributed by atoms with Gasteiger partial charge in [-0.15, -0.1) is 0 Å². The van der Waals surface area contributed by atoms with E-state index in [0.29, 0.717) is 13.2 Å². The van der Waals surface area contributed by atoms with Crippen LogP contribution in [0.3, 0.4) is 0 Å². The molecule has 1 aromatic heterocycles. The molecular weight excluding hydrogens is 372 g/mol. The molecule has 1 heterocycles. The molecule has 0 saturated heterocycles. The van der Waals surface area contributed by atoms with Crippen molar-refractivity contribution in [1.82, 2.24) is 10.3 Å². The number of nitrogens with one attached hydrogen (secondary N) is 1. The Morgan fingerprint density at radius 1 is 1.07 bits per heavy atom. The summed E-state index contributed by atoms with van der Waals surface area (Å²) in [5.74, 6) is 0.0821. The third-order valence-electron chi connectivity index (χ3n) is 5.46. The van der Waals surface area contributed by atoms with Gasteiger partial charge >= 0.3 is 6.09 Å². The maximum Gasteiger partial charge on any atom is 0.407 e. The highest BCUT2D eigenvalue weighted by Gasteiger charge is 2.28. The van der Waals surface area contributed by atoms with Crippen molar-refractivity contribution in [1.29, 1.82) is 0 Å². The van der Waals surface area contributed by atoms with Crippen molar-refractivity contribution in [2.75, 3.05) is 13.2 Å². The number of carbonyl (C=O) groups is 1. The molecule has 1 aliphatic carbocycles. The summed E-state index contributed by atoms with van der Waals surface area (Å²) in [6.07, 6.45) is 6.22. The fraction of sp³-hybridized carbons (Fsp3) is 0.231. The highest BCUT2D eigenvalue weighted by molar-refractivity contribution is 5.79. The first kappa shape index (κ1) is 19.9. The van der Waals surface area contributed by atoms with E-state index in [4.69, 9.17) is 4.74 Å². The van der Waals surface area contributed by atoms with Gasteiger partial charge in [-0.05, 0) is 59.7 Å². The minimum Gasteiger partial charge on any atom is -0.449 e. The van der Waals surface area contributed by atoms with Crippen LogP contribution in [0.2, 0.25) is 0 Å². The van der Waals surface area contributed by atoms with Crippen molar-refractivity contribution >= 4 is 12.2 Å². The molecular formula is C26H26N2O2. The standard InChI is InChI=1S/C26H26N2O2/c1-18-15-19(2)25(28-16-18)13-7-8-14-27-26(29)30-17-24-22-11-5-3-9-20(22)21-10-4-6-12-23(21)24/h3-7,9-13,15-16,24H,8,14,17H2,1-2H3,(H,27,29). The molecule has 3 aromatic rings. The average Bonchev–Trinajstić information content (AvgIpc) is 3.07. The van der Waals surface area contributed by atoms with Crippen LogP contribution >= 0.6 is 0 Å². The van der Waals surface area contributed by atoms with Crippen molar-refractivity contribution in [3.63, 3.8) is 0 Å². The highest BCUT2D eigenvalue weighted by atomic mass is 16.5. The van der Waals surface area contributed by atoms with Gasteiger partial charge in [-0.1, -0.05) is 60.7 Å². The molecule has 2 aromatic carbocycles. The normalized spacial score (nSPS) is 12.6. The van der Waals surface area contributed by atoms with Crippen LogP contribution in [-0.4, -0.2) is 24.2 Å². The SMILES string of the molecule is Cc1cnc(C=CCCNC(=O)OCC2c3ccccc3-c3ccccc32)c(C)c1. The molecule has 0 atom stereocenters. The van der Waals surface area contributed by atoms with Crippen LogP contribution in [-0.2, 0) is 4.74 Å². The number of hydrogen-bond donors (Lipinski definition) is 1. The van der Waals surface area contributed by atoms with Gasteiger partial charge in [0.15, 0.2) is 0 Å². The van der Waals surface area contributed by atoms with Crippen LogP contribution in [0.4, 0.5) is 4.79 Å². The lowest BCUT2D eigenvalue weighted by Gasteiger charge is -2.14. The van der Waals surface area contributed by atoms with E-state index in [0.717, 1.165) is 23.2 Å². The largest absolute Gasteiger partial charge is 0.449 e. The van der Waals surface area contributed by atoms with Gasteiger partial charge in [0, 0.05) is 18.7 Å². The molecule has 0 bridgehead atoms. The highest BCUT2D eigenvalue weighted by Crippen LogP contribution is 2.44. The molecule has 0 spiro atoms. The summed E-state index contributed by atoms with van der Waals surface area (Å²) in [7, 11) is 0. The smallest absolute Gasteiger partial charge is 0.407 e. The van der Waals surface area contributed by atoms with Gasteiger partial charge < -0.3 is 10.1 Å². The van der Waals surface area contributed by atoms with Crippen LogP contribution in [0, 0.1) is 13.8 Å². The zero-order valence-corrected chi connectivity index (χ0v) is 17.4. The Morgan fingerprint density at radius 2 is 1.73 bits per heavy atom. The zero-order valence-electron chi connectivity index (χ0n) is 17.4. The van der Waals surface area contributed by atoms with Gasteiger partial charge in [0.1, 0.15) is 6.61 Å². The molecule has 30 heavy (non-hydrogen) atoms. The van der Waals surface area contributed by atoms with Crippen molar-refractivity contribution in [3.8, 4) is 11.1 Å². The number of benzene rings is 2. The molecule has 152 valence electrons. The van der Waals surface area contributed by atoms with E-state index in [2.05, 4.69) is 47.6 Å². The number of nitrogens with zero attached hydrogens (tertiary/aromatic N) is 1. The maximum atomic E-state index is 12.2. The number of aryl methyl sites for hydroxylation is 2. The van der Waals surface area contributed by atoms with Gasteiger partial charge in [0.05, 0.1) is 5.69 Å². The molecule has 0 fully saturated rings. The summed E-state index contributed by atoms with van der Waals surface area (Å²) in [4.78, 5) is 16.6. The minimum absolute atomic E-state index is 0.0821. The van der Waals surface area contributed by atoms with Crippen LogP contribution in [0.15, 0.2) is 66.9 Å². The van der Waals surface area contributed by atoms with Crippen LogP contribution < -0.4 is 5.32 Å². The topological polar surface area (TPSA) is 51.2 Å². The van der Waals surface area contributed by atoms with Gasteiger partial charge in [-0.25, -0.2) is 4.79 Å². The number of hydrogen-bond acceptors (Lipinski definition) is 3. The van der Waals surface area contributed by atoms with Crippen LogP contribution in [0.1, 0.15) is 40.3 Å². The predicted octanol–water partition coefficient (Wildman–Crippen LogP) is 5.64. The zero-order chi connectivity index (χ0) is 20.9. The van der Waals surface area contributed by atoms with Gasteiger partial charge in [0.25, 0.3) is 0 Å². The Balaban J connectivity index is 1.28. The second-order valence-corrected chi connectivity index (χ2v) is 7.66. The maximum absolute atomic E-state index is 12.2. The second-order valence-electron chi connectivity index (χ2n) is 7.66. The van der Waals surface area contributed by atoms with Crippen molar-refractivity contribution < 1.29 is 9.53 Å². The molecule has 1 amide bonds. The number of amides is 1. The lowest BCUT2D eigenvalue weighted by Crippen LogP contribution is -2.26. The predicted molar refractivity (Wildman–Crippen MR) is 120 cm³/mol. The number of carbonyl (C=O) groups excluding carboxylic acids is 1. The van der Waals surface area contributed by atoms with Gasteiger partial charge in [0.2, 0.25) is 0 Å². The van der Waals surface area contributed by atoms with Crippen LogP contribution in [0.5, 0.6) is 0 Å². The van der Waals surface area contributed by atoms with Gasteiger partial charge in [-0.3, -0.25) is 4.98 Å².